The van der Waals surface area contributed by atoms with Crippen molar-refractivity contribution < 1.29 is 9.47 Å². The van der Waals surface area contributed by atoms with Gasteiger partial charge >= 0.3 is 0 Å². The van der Waals surface area contributed by atoms with E-state index in [1.54, 1.807) is 7.11 Å². The Morgan fingerprint density at radius 3 is 2.38 bits per heavy atom. The summed E-state index contributed by atoms with van der Waals surface area (Å²) < 4.78 is 10.7. The van der Waals surface area contributed by atoms with E-state index in [0.717, 1.165) is 38.4 Å². The van der Waals surface area contributed by atoms with E-state index in [4.69, 9.17) is 21.1 Å². The topological polar surface area (TPSA) is 18.5 Å². The van der Waals surface area contributed by atoms with Crippen LogP contribution < -0.4 is 0 Å². The second kappa shape index (κ2) is 7.60. The summed E-state index contributed by atoms with van der Waals surface area (Å²) in [6, 6.07) is 0. The smallest absolute Gasteiger partial charge is 0.0644 e. The van der Waals surface area contributed by atoms with Gasteiger partial charge in [0.1, 0.15) is 0 Å². The van der Waals surface area contributed by atoms with Crippen molar-refractivity contribution in [3.8, 4) is 0 Å². The fraction of sp³-hybridized carbons (Fsp3) is 1.00. The van der Waals surface area contributed by atoms with Gasteiger partial charge in [0.25, 0.3) is 0 Å². The highest BCUT2D eigenvalue weighted by Crippen LogP contribution is 2.12. The van der Waals surface area contributed by atoms with Crippen LogP contribution in [-0.4, -0.2) is 31.8 Å². The van der Waals surface area contributed by atoms with Crippen molar-refractivity contribution in [2.24, 2.45) is 0 Å². The first-order valence-electron chi connectivity index (χ1n) is 4.81. The largest absolute Gasteiger partial charge is 0.381 e. The zero-order chi connectivity index (χ0) is 10.2. The molecule has 0 aromatic heterocycles. The van der Waals surface area contributed by atoms with Gasteiger partial charge in [0.15, 0.2) is 0 Å². The molecule has 2 nitrogen and oxygen atoms in total. The van der Waals surface area contributed by atoms with Crippen molar-refractivity contribution in [1.82, 2.24) is 0 Å². The summed E-state index contributed by atoms with van der Waals surface area (Å²) in [5.41, 5.74) is -0.0630. The second-order valence-corrected chi connectivity index (χ2v) is 4.10. The number of unbranched alkanes of at least 4 members (excludes halogenated alkanes) is 1. The van der Waals surface area contributed by atoms with Crippen molar-refractivity contribution in [3.05, 3.63) is 0 Å². The maximum absolute atomic E-state index is 5.53. The summed E-state index contributed by atoms with van der Waals surface area (Å²) in [5.74, 6) is 0.729. The third-order valence-corrected chi connectivity index (χ3v) is 2.34. The van der Waals surface area contributed by atoms with Gasteiger partial charge in [-0.3, -0.25) is 0 Å². The fourth-order valence-electron chi connectivity index (χ4n) is 0.821. The van der Waals surface area contributed by atoms with Crippen molar-refractivity contribution in [2.45, 2.75) is 38.7 Å². The summed E-state index contributed by atoms with van der Waals surface area (Å²) >= 11 is 5.53. The molecule has 0 bridgehead atoms. The number of hydrogen-bond donors (Lipinski definition) is 0. The van der Waals surface area contributed by atoms with Gasteiger partial charge in [0.2, 0.25) is 0 Å². The Labute approximate surface area is 86.6 Å². The predicted molar refractivity (Wildman–Crippen MR) is 56.5 cm³/mol. The van der Waals surface area contributed by atoms with Gasteiger partial charge in [-0.1, -0.05) is 0 Å². The highest BCUT2D eigenvalue weighted by molar-refractivity contribution is 6.17. The predicted octanol–water partition coefficient (Wildman–Crippen LogP) is 2.84. The first-order chi connectivity index (χ1) is 6.12. The van der Waals surface area contributed by atoms with Crippen LogP contribution >= 0.6 is 11.6 Å². The SMILES string of the molecule is COC(C)(C)CCOCCCCCl. The van der Waals surface area contributed by atoms with Crippen LogP contribution in [0.25, 0.3) is 0 Å². The Morgan fingerprint density at radius 2 is 1.85 bits per heavy atom. The molecule has 0 aromatic rings. The van der Waals surface area contributed by atoms with E-state index >= 15 is 0 Å². The lowest BCUT2D eigenvalue weighted by Gasteiger charge is -2.22. The molecular formula is C10H21ClO2. The Morgan fingerprint density at radius 1 is 1.15 bits per heavy atom. The average molecular weight is 209 g/mol. The first kappa shape index (κ1) is 13.2. The van der Waals surface area contributed by atoms with Crippen LogP contribution in [0.5, 0.6) is 0 Å². The quantitative estimate of drug-likeness (QED) is 0.451. The summed E-state index contributed by atoms with van der Waals surface area (Å²) in [4.78, 5) is 0. The summed E-state index contributed by atoms with van der Waals surface area (Å²) in [6.45, 7) is 5.71. The number of alkyl halides is 1. The van der Waals surface area contributed by atoms with E-state index < -0.39 is 0 Å². The van der Waals surface area contributed by atoms with E-state index in [0.29, 0.717) is 0 Å². The summed E-state index contributed by atoms with van der Waals surface area (Å²) in [7, 11) is 1.73. The van der Waals surface area contributed by atoms with E-state index in [1.807, 2.05) is 0 Å². The fourth-order valence-corrected chi connectivity index (χ4v) is 1.01. The van der Waals surface area contributed by atoms with Crippen LogP contribution in [0.2, 0.25) is 0 Å². The van der Waals surface area contributed by atoms with Gasteiger partial charge in [-0.05, 0) is 33.1 Å². The minimum absolute atomic E-state index is 0.0630. The van der Waals surface area contributed by atoms with Gasteiger partial charge in [-0.25, -0.2) is 0 Å². The van der Waals surface area contributed by atoms with E-state index in [1.165, 1.54) is 0 Å². The van der Waals surface area contributed by atoms with Crippen LogP contribution in [0.4, 0.5) is 0 Å². The van der Waals surface area contributed by atoms with Crippen LogP contribution in [-0.2, 0) is 9.47 Å². The molecule has 0 aliphatic carbocycles. The Bertz CT molecular complexity index is 115. The third-order valence-electron chi connectivity index (χ3n) is 2.07. The van der Waals surface area contributed by atoms with Crippen molar-refractivity contribution in [1.29, 1.82) is 0 Å². The molecule has 0 rings (SSSR count). The van der Waals surface area contributed by atoms with Gasteiger partial charge in [-0.2, -0.15) is 0 Å². The lowest BCUT2D eigenvalue weighted by Crippen LogP contribution is -2.24. The maximum atomic E-state index is 5.53. The third kappa shape index (κ3) is 8.54. The molecule has 0 heterocycles. The molecule has 0 unspecified atom stereocenters. The molecule has 0 saturated carbocycles. The Kier molecular flexibility index (Phi) is 7.72. The van der Waals surface area contributed by atoms with Crippen LogP contribution in [0.15, 0.2) is 0 Å². The van der Waals surface area contributed by atoms with Gasteiger partial charge in [-0.15, -0.1) is 11.6 Å². The lowest BCUT2D eigenvalue weighted by molar-refractivity contribution is -0.0100. The molecule has 13 heavy (non-hydrogen) atoms. The minimum atomic E-state index is -0.0630. The van der Waals surface area contributed by atoms with Gasteiger partial charge in [0, 0.05) is 26.2 Å². The summed E-state index contributed by atoms with van der Waals surface area (Å²) in [5, 5.41) is 0. The van der Waals surface area contributed by atoms with Gasteiger partial charge < -0.3 is 9.47 Å². The maximum Gasteiger partial charge on any atom is 0.0644 e. The number of rotatable bonds is 8. The highest BCUT2D eigenvalue weighted by atomic mass is 35.5. The standard InChI is InChI=1S/C10H21ClO2/c1-10(2,12-3)6-9-13-8-5-4-7-11/h4-9H2,1-3H3. The Hall–Kier alpha value is 0.210. The normalized spacial score (nSPS) is 12.0. The van der Waals surface area contributed by atoms with Crippen LogP contribution in [0, 0.1) is 0 Å². The molecule has 0 fully saturated rings. The van der Waals surface area contributed by atoms with E-state index in [9.17, 15) is 0 Å². The number of methoxy groups -OCH3 is 1. The molecular weight excluding hydrogens is 188 g/mol. The zero-order valence-corrected chi connectivity index (χ0v) is 9.69. The average Bonchev–Trinajstić information content (AvgIpc) is 2.11. The Balaban J connectivity index is 3.16. The molecule has 3 heteroatoms. The zero-order valence-electron chi connectivity index (χ0n) is 8.94. The molecule has 0 aromatic carbocycles. The van der Waals surface area contributed by atoms with E-state index in [-0.39, 0.29) is 5.60 Å². The second-order valence-electron chi connectivity index (χ2n) is 3.72. The van der Waals surface area contributed by atoms with Crippen molar-refractivity contribution in [2.75, 3.05) is 26.2 Å². The summed E-state index contributed by atoms with van der Waals surface area (Å²) in [6.07, 6.45) is 3.02. The number of halogens is 1. The van der Waals surface area contributed by atoms with E-state index in [2.05, 4.69) is 13.8 Å². The van der Waals surface area contributed by atoms with Gasteiger partial charge in [0.05, 0.1) is 5.60 Å². The van der Waals surface area contributed by atoms with Crippen molar-refractivity contribution >= 4 is 11.6 Å². The number of hydrogen-bond acceptors (Lipinski definition) is 2. The molecule has 0 atom stereocenters. The first-order valence-corrected chi connectivity index (χ1v) is 5.35. The van der Waals surface area contributed by atoms with Crippen molar-refractivity contribution in [3.63, 3.8) is 0 Å². The molecule has 0 N–H and O–H groups in total. The lowest BCUT2D eigenvalue weighted by atomic mass is 10.1. The molecule has 0 amide bonds. The molecule has 0 spiro atoms. The molecule has 80 valence electrons. The molecule has 0 aliphatic rings. The molecule has 0 aliphatic heterocycles. The monoisotopic (exact) mass is 208 g/mol. The van der Waals surface area contributed by atoms with Crippen LogP contribution in [0.1, 0.15) is 33.1 Å². The van der Waals surface area contributed by atoms with Crippen LogP contribution in [0.3, 0.4) is 0 Å². The minimum Gasteiger partial charge on any atom is -0.381 e. The molecule has 0 radical (unpaired) electrons. The highest BCUT2D eigenvalue weighted by Gasteiger charge is 2.15. The molecule has 0 saturated heterocycles. The number of ether oxygens (including phenoxy) is 2.